The van der Waals surface area contributed by atoms with Crippen molar-refractivity contribution < 1.29 is 5.11 Å². The maximum Gasteiger partial charge on any atom is 0.175 e. The second-order valence-corrected chi connectivity index (χ2v) is 6.29. The van der Waals surface area contributed by atoms with E-state index in [1.807, 2.05) is 54.8 Å². The molecule has 4 rings (SSSR count). The maximum atomic E-state index is 11.4. The summed E-state index contributed by atoms with van der Waals surface area (Å²) in [7, 11) is 0. The van der Waals surface area contributed by atoms with Crippen LogP contribution in [0.15, 0.2) is 52.8 Å². The first kappa shape index (κ1) is 12.6. The number of benzene rings is 2. The predicted octanol–water partition coefficient (Wildman–Crippen LogP) is 3.45. The van der Waals surface area contributed by atoms with Crippen LogP contribution in [0.3, 0.4) is 0 Å². The van der Waals surface area contributed by atoms with Gasteiger partial charge in [-0.05, 0) is 29.8 Å². The number of aliphatic hydroxyl groups is 1. The van der Waals surface area contributed by atoms with E-state index in [9.17, 15) is 5.11 Å². The Hall–Kier alpha value is -2.17. The highest BCUT2D eigenvalue weighted by atomic mass is 32.1. The van der Waals surface area contributed by atoms with E-state index in [2.05, 4.69) is 4.99 Å². The first-order valence-electron chi connectivity index (χ1n) is 6.75. The third-order valence-electron chi connectivity index (χ3n) is 4.02. The Bertz CT molecular complexity index is 897. The number of aryl methyl sites for hydroxylation is 1. The molecule has 0 amide bonds. The molecule has 1 atom stereocenters. The van der Waals surface area contributed by atoms with Crippen LogP contribution in [-0.2, 0) is 5.60 Å². The van der Waals surface area contributed by atoms with Gasteiger partial charge in [0.25, 0.3) is 0 Å². The second-order valence-electron chi connectivity index (χ2n) is 5.37. The number of fused-ring (bicyclic) bond motifs is 2. The summed E-state index contributed by atoms with van der Waals surface area (Å²) in [5.74, 6) is 0.240. The molecular formula is C17H14N2OS. The van der Waals surface area contributed by atoms with E-state index in [0.29, 0.717) is 0 Å². The lowest BCUT2D eigenvalue weighted by Gasteiger charge is -2.25. The average molecular weight is 294 g/mol. The van der Waals surface area contributed by atoms with Crippen molar-refractivity contribution in [3.8, 4) is 0 Å². The molecule has 2 heterocycles. The summed E-state index contributed by atoms with van der Waals surface area (Å²) in [4.78, 5) is 4.36. The van der Waals surface area contributed by atoms with Gasteiger partial charge in [0.1, 0.15) is 5.84 Å². The minimum absolute atomic E-state index is 0.240. The molecule has 2 aromatic carbocycles. The monoisotopic (exact) mass is 294 g/mol. The third-order valence-corrected chi connectivity index (χ3v) is 4.99. The van der Waals surface area contributed by atoms with Crippen LogP contribution in [0.25, 0.3) is 10.1 Å². The Morgan fingerprint density at radius 2 is 2.00 bits per heavy atom. The quantitative estimate of drug-likeness (QED) is 0.722. The van der Waals surface area contributed by atoms with Crippen molar-refractivity contribution in [3.63, 3.8) is 0 Å². The van der Waals surface area contributed by atoms with Crippen LogP contribution in [0, 0.1) is 6.92 Å². The fourth-order valence-corrected chi connectivity index (χ4v) is 3.91. The average Bonchev–Trinajstić information content (AvgIpc) is 3.04. The lowest BCUT2D eigenvalue weighted by molar-refractivity contribution is 0.160. The van der Waals surface area contributed by atoms with E-state index in [1.54, 1.807) is 11.3 Å². The largest absolute Gasteiger partial charge is 0.384 e. The van der Waals surface area contributed by atoms with E-state index < -0.39 is 5.60 Å². The minimum Gasteiger partial charge on any atom is -0.384 e. The minimum atomic E-state index is -1.34. The molecule has 0 bridgehead atoms. The number of hydrogen-bond donors (Lipinski definition) is 2. The molecule has 0 spiro atoms. The first-order chi connectivity index (χ1) is 10.1. The zero-order valence-electron chi connectivity index (χ0n) is 11.5. The van der Waals surface area contributed by atoms with Gasteiger partial charge in [-0.3, -0.25) is 0 Å². The summed E-state index contributed by atoms with van der Waals surface area (Å²) in [5, 5.41) is 14.5. The van der Waals surface area contributed by atoms with Gasteiger partial charge in [-0.25, -0.2) is 4.99 Å². The van der Waals surface area contributed by atoms with Crippen LogP contribution >= 0.6 is 11.3 Å². The SMILES string of the molecule is Cc1ccc2c(c1)C(O)(c1cccc3ccsc13)C(N)=N2. The molecule has 0 saturated heterocycles. The Labute approximate surface area is 126 Å². The Morgan fingerprint density at radius 1 is 1.14 bits per heavy atom. The van der Waals surface area contributed by atoms with Gasteiger partial charge in [0, 0.05) is 15.8 Å². The lowest BCUT2D eigenvalue weighted by Crippen LogP contribution is -2.39. The van der Waals surface area contributed by atoms with Gasteiger partial charge in [-0.2, -0.15) is 0 Å². The number of hydrogen-bond acceptors (Lipinski definition) is 4. The van der Waals surface area contributed by atoms with Crippen molar-refractivity contribution in [2.24, 2.45) is 10.7 Å². The number of amidine groups is 1. The lowest BCUT2D eigenvalue weighted by atomic mass is 9.85. The molecule has 1 aliphatic rings. The van der Waals surface area contributed by atoms with Crippen molar-refractivity contribution >= 4 is 32.9 Å². The summed E-state index contributed by atoms with van der Waals surface area (Å²) in [6.45, 7) is 2.00. The molecule has 21 heavy (non-hydrogen) atoms. The Kier molecular flexibility index (Phi) is 2.49. The van der Waals surface area contributed by atoms with E-state index in [1.165, 1.54) is 0 Å². The number of nitrogens with zero attached hydrogens (tertiary/aromatic N) is 1. The smallest absolute Gasteiger partial charge is 0.175 e. The molecule has 0 radical (unpaired) electrons. The summed E-state index contributed by atoms with van der Waals surface area (Å²) in [5.41, 5.74) is 8.16. The van der Waals surface area contributed by atoms with Crippen molar-refractivity contribution in [1.29, 1.82) is 0 Å². The molecule has 3 N–H and O–H groups in total. The summed E-state index contributed by atoms with van der Waals surface area (Å²) >= 11 is 1.61. The third kappa shape index (κ3) is 1.60. The normalized spacial score (nSPS) is 20.6. The molecule has 0 saturated carbocycles. The summed E-state index contributed by atoms with van der Waals surface area (Å²) < 4.78 is 1.05. The summed E-state index contributed by atoms with van der Waals surface area (Å²) in [6, 6.07) is 13.8. The van der Waals surface area contributed by atoms with Gasteiger partial charge in [0.05, 0.1) is 5.69 Å². The molecule has 1 aromatic heterocycles. The van der Waals surface area contributed by atoms with Crippen LogP contribution in [0.4, 0.5) is 5.69 Å². The molecule has 1 unspecified atom stereocenters. The highest BCUT2D eigenvalue weighted by Crippen LogP contribution is 2.45. The van der Waals surface area contributed by atoms with Crippen molar-refractivity contribution in [2.75, 3.05) is 0 Å². The van der Waals surface area contributed by atoms with Gasteiger partial charge < -0.3 is 10.8 Å². The van der Waals surface area contributed by atoms with Crippen LogP contribution in [-0.4, -0.2) is 10.9 Å². The molecular weight excluding hydrogens is 280 g/mol. The molecule has 104 valence electrons. The molecule has 0 aliphatic carbocycles. The number of rotatable bonds is 1. The van der Waals surface area contributed by atoms with Gasteiger partial charge >= 0.3 is 0 Å². The van der Waals surface area contributed by atoms with Crippen LogP contribution < -0.4 is 5.73 Å². The fraction of sp³-hybridized carbons (Fsp3) is 0.118. The predicted molar refractivity (Wildman–Crippen MR) is 87.3 cm³/mol. The highest BCUT2D eigenvalue weighted by Gasteiger charge is 2.43. The molecule has 1 aliphatic heterocycles. The number of thiophene rings is 1. The Morgan fingerprint density at radius 3 is 2.86 bits per heavy atom. The second kappa shape index (κ2) is 4.16. The van der Waals surface area contributed by atoms with Crippen molar-refractivity contribution in [1.82, 2.24) is 0 Å². The van der Waals surface area contributed by atoms with Gasteiger partial charge in [0.15, 0.2) is 5.60 Å². The summed E-state index contributed by atoms with van der Waals surface area (Å²) in [6.07, 6.45) is 0. The Balaban J connectivity index is 2.06. The fourth-order valence-electron chi connectivity index (χ4n) is 2.95. The zero-order chi connectivity index (χ0) is 14.6. The van der Waals surface area contributed by atoms with Crippen LogP contribution in [0.5, 0.6) is 0 Å². The van der Waals surface area contributed by atoms with E-state index in [4.69, 9.17) is 5.73 Å². The van der Waals surface area contributed by atoms with Crippen molar-refractivity contribution in [2.45, 2.75) is 12.5 Å². The molecule has 3 aromatic rings. The number of nitrogens with two attached hydrogens (primary N) is 1. The van der Waals surface area contributed by atoms with Crippen LogP contribution in [0.2, 0.25) is 0 Å². The van der Waals surface area contributed by atoms with E-state index >= 15 is 0 Å². The number of aliphatic imine (C=N–C) groups is 1. The van der Waals surface area contributed by atoms with E-state index in [-0.39, 0.29) is 5.84 Å². The van der Waals surface area contributed by atoms with E-state index in [0.717, 1.165) is 32.5 Å². The molecule has 0 fully saturated rings. The molecule has 4 heteroatoms. The highest BCUT2D eigenvalue weighted by molar-refractivity contribution is 7.17. The van der Waals surface area contributed by atoms with Crippen LogP contribution in [0.1, 0.15) is 16.7 Å². The van der Waals surface area contributed by atoms with Gasteiger partial charge in [0.2, 0.25) is 0 Å². The standard InChI is InChI=1S/C17H14N2OS/c1-10-5-6-14-13(9-10)17(20,16(18)19-14)12-4-2-3-11-7-8-21-15(11)12/h2-9,20H,1H3,(H2,18,19). The zero-order valence-corrected chi connectivity index (χ0v) is 12.3. The van der Waals surface area contributed by atoms with Crippen molar-refractivity contribution in [3.05, 3.63) is 64.5 Å². The first-order valence-corrected chi connectivity index (χ1v) is 7.63. The van der Waals surface area contributed by atoms with Gasteiger partial charge in [-0.15, -0.1) is 11.3 Å². The topological polar surface area (TPSA) is 58.6 Å². The molecule has 3 nitrogen and oxygen atoms in total. The van der Waals surface area contributed by atoms with Gasteiger partial charge in [-0.1, -0.05) is 35.9 Å². The maximum absolute atomic E-state index is 11.4.